The average molecular weight is 562 g/mol. The van der Waals surface area contributed by atoms with Crippen LogP contribution in [0.2, 0.25) is 0 Å². The van der Waals surface area contributed by atoms with Gasteiger partial charge in [0, 0.05) is 33.7 Å². The van der Waals surface area contributed by atoms with Crippen LogP contribution in [-0.4, -0.2) is 30.3 Å². The fourth-order valence-electron chi connectivity index (χ4n) is 4.09. The molecule has 0 saturated carbocycles. The summed E-state index contributed by atoms with van der Waals surface area (Å²) in [5.74, 6) is -3.64. The number of rotatable bonds is 11. The lowest BCUT2D eigenvalue weighted by atomic mass is 10.1. The number of nitrogens with zero attached hydrogens (tertiary/aromatic N) is 1. The predicted octanol–water partition coefficient (Wildman–Crippen LogP) is 8.09. The summed E-state index contributed by atoms with van der Waals surface area (Å²) in [6, 6.07) is 30.9. The van der Waals surface area contributed by atoms with Gasteiger partial charge in [-0.15, -0.1) is 0 Å². The normalized spacial score (nSPS) is 10.8. The Morgan fingerprint density at radius 3 is 2.05 bits per heavy atom. The van der Waals surface area contributed by atoms with Crippen LogP contribution in [0.1, 0.15) is 24.2 Å². The lowest BCUT2D eigenvalue weighted by Crippen LogP contribution is -2.25. The topological polar surface area (TPSA) is 70.7 Å². The van der Waals surface area contributed by atoms with Crippen molar-refractivity contribution in [2.45, 2.75) is 30.5 Å². The third-order valence-corrected chi connectivity index (χ3v) is 6.54. The molecule has 0 fully saturated rings. The lowest BCUT2D eigenvalue weighted by Gasteiger charge is -2.29. The maximum atomic E-state index is 12.8. The minimum atomic E-state index is -2.50. The minimum absolute atomic E-state index is 0.225. The molecular formula is C31H29F2N3O3S. The van der Waals surface area contributed by atoms with E-state index in [2.05, 4.69) is 29.4 Å². The highest BCUT2D eigenvalue weighted by Crippen LogP contribution is 2.30. The number of para-hydroxylation sites is 2. The molecule has 6 nitrogen and oxygen atoms in total. The SMILES string of the molecule is CC(C)N(c1ccccc1)c1ccc(NC(=O)COC(=O)c2ccccc2Nc2ccc(SC(F)F)cc2)cc1. The molecule has 1 amide bonds. The second-order valence-corrected chi connectivity index (χ2v) is 10.1. The molecule has 9 heteroatoms. The van der Waals surface area contributed by atoms with E-state index < -0.39 is 24.2 Å². The standard InChI is InChI=1S/C31H29F2N3O3S/c1-21(2)36(24-8-4-3-5-9-24)25-16-12-23(13-17-25)35-29(37)20-39-30(38)27-10-6-7-11-28(27)34-22-14-18-26(19-15-22)40-31(32)33/h3-19,21,31,34H,20H2,1-2H3,(H,35,37). The van der Waals surface area contributed by atoms with Gasteiger partial charge in [0.1, 0.15) is 0 Å². The molecule has 0 radical (unpaired) electrons. The van der Waals surface area contributed by atoms with Crippen LogP contribution in [0.15, 0.2) is 108 Å². The summed E-state index contributed by atoms with van der Waals surface area (Å²) in [6.07, 6.45) is 0. The lowest BCUT2D eigenvalue weighted by molar-refractivity contribution is -0.119. The summed E-state index contributed by atoms with van der Waals surface area (Å²) in [5.41, 5.74) is 3.95. The Balaban J connectivity index is 1.34. The minimum Gasteiger partial charge on any atom is -0.452 e. The fraction of sp³-hybridized carbons (Fsp3) is 0.161. The summed E-state index contributed by atoms with van der Waals surface area (Å²) in [4.78, 5) is 27.9. The number of halogens is 2. The molecule has 2 N–H and O–H groups in total. The van der Waals surface area contributed by atoms with Gasteiger partial charge in [-0.3, -0.25) is 4.79 Å². The largest absolute Gasteiger partial charge is 0.452 e. The molecule has 0 bridgehead atoms. The van der Waals surface area contributed by atoms with Crippen LogP contribution in [0.4, 0.5) is 37.2 Å². The number of thioether (sulfide) groups is 1. The van der Waals surface area contributed by atoms with Crippen molar-refractivity contribution < 1.29 is 23.1 Å². The Hall–Kier alpha value is -4.37. The monoisotopic (exact) mass is 561 g/mol. The van der Waals surface area contributed by atoms with E-state index >= 15 is 0 Å². The summed E-state index contributed by atoms with van der Waals surface area (Å²) < 4.78 is 30.4. The van der Waals surface area contributed by atoms with Crippen molar-refractivity contribution in [3.63, 3.8) is 0 Å². The van der Waals surface area contributed by atoms with Crippen molar-refractivity contribution in [1.29, 1.82) is 0 Å². The van der Waals surface area contributed by atoms with E-state index in [1.165, 1.54) is 0 Å². The van der Waals surface area contributed by atoms with Gasteiger partial charge in [0.05, 0.1) is 11.3 Å². The van der Waals surface area contributed by atoms with Gasteiger partial charge in [-0.05, 0) is 86.6 Å². The Bertz CT molecular complexity index is 1420. The number of nitrogens with one attached hydrogen (secondary N) is 2. The molecule has 0 unspecified atom stereocenters. The smallest absolute Gasteiger partial charge is 0.340 e. The van der Waals surface area contributed by atoms with Gasteiger partial charge in [0.15, 0.2) is 6.61 Å². The van der Waals surface area contributed by atoms with Gasteiger partial charge >= 0.3 is 5.97 Å². The molecule has 0 saturated heterocycles. The van der Waals surface area contributed by atoms with Gasteiger partial charge in [0.2, 0.25) is 0 Å². The summed E-state index contributed by atoms with van der Waals surface area (Å²) in [5, 5.41) is 5.84. The molecule has 4 aromatic rings. The predicted molar refractivity (Wildman–Crippen MR) is 157 cm³/mol. The van der Waals surface area contributed by atoms with Crippen molar-refractivity contribution in [2.75, 3.05) is 22.1 Å². The van der Waals surface area contributed by atoms with Gasteiger partial charge in [-0.2, -0.15) is 8.78 Å². The average Bonchev–Trinajstić information content (AvgIpc) is 2.94. The first kappa shape index (κ1) is 28.6. The molecule has 0 aliphatic rings. The first-order valence-corrected chi connectivity index (χ1v) is 13.5. The number of benzene rings is 4. The number of ether oxygens (including phenoxy) is 1. The van der Waals surface area contributed by atoms with Gasteiger partial charge < -0.3 is 20.3 Å². The van der Waals surface area contributed by atoms with Gasteiger partial charge in [0.25, 0.3) is 11.7 Å². The molecule has 0 heterocycles. The van der Waals surface area contributed by atoms with Crippen LogP contribution in [0.5, 0.6) is 0 Å². The number of carbonyl (C=O) groups excluding carboxylic acids is 2. The molecule has 0 aromatic heterocycles. The summed E-state index contributed by atoms with van der Waals surface area (Å²) >= 11 is 0.458. The van der Waals surface area contributed by atoms with E-state index in [9.17, 15) is 18.4 Å². The molecule has 0 aliphatic carbocycles. The quantitative estimate of drug-likeness (QED) is 0.142. The second kappa shape index (κ2) is 13.6. The van der Waals surface area contributed by atoms with Crippen molar-refractivity contribution in [3.05, 3.63) is 109 Å². The molecule has 4 aromatic carbocycles. The fourth-order valence-corrected chi connectivity index (χ4v) is 4.59. The van der Waals surface area contributed by atoms with E-state index in [1.54, 1.807) is 60.7 Å². The van der Waals surface area contributed by atoms with Gasteiger partial charge in [-0.25, -0.2) is 4.79 Å². The van der Waals surface area contributed by atoms with Crippen LogP contribution in [0.3, 0.4) is 0 Å². The molecule has 0 aliphatic heterocycles. The molecule has 206 valence electrons. The van der Waals surface area contributed by atoms with Crippen LogP contribution in [-0.2, 0) is 9.53 Å². The van der Waals surface area contributed by atoms with Crippen molar-refractivity contribution in [1.82, 2.24) is 0 Å². The van der Waals surface area contributed by atoms with E-state index in [-0.39, 0.29) is 11.6 Å². The van der Waals surface area contributed by atoms with Crippen LogP contribution >= 0.6 is 11.8 Å². The number of anilines is 5. The van der Waals surface area contributed by atoms with Crippen molar-refractivity contribution >= 4 is 52.1 Å². The van der Waals surface area contributed by atoms with Crippen LogP contribution in [0, 0.1) is 0 Å². The highest BCUT2D eigenvalue weighted by Gasteiger charge is 2.16. The van der Waals surface area contributed by atoms with E-state index in [1.807, 2.05) is 42.5 Å². The van der Waals surface area contributed by atoms with Crippen LogP contribution in [0.25, 0.3) is 0 Å². The van der Waals surface area contributed by atoms with Gasteiger partial charge in [-0.1, -0.05) is 42.1 Å². The van der Waals surface area contributed by atoms with E-state index in [4.69, 9.17) is 4.74 Å². The number of hydrogen-bond acceptors (Lipinski definition) is 6. The Morgan fingerprint density at radius 1 is 0.800 bits per heavy atom. The first-order valence-electron chi connectivity index (χ1n) is 12.6. The molecule has 4 rings (SSSR count). The van der Waals surface area contributed by atoms with Crippen molar-refractivity contribution in [3.8, 4) is 0 Å². The molecule has 0 atom stereocenters. The first-order chi connectivity index (χ1) is 19.3. The second-order valence-electron chi connectivity index (χ2n) is 9.04. The molecule has 0 spiro atoms. The molecule has 40 heavy (non-hydrogen) atoms. The van der Waals surface area contributed by atoms with E-state index in [0.717, 1.165) is 11.4 Å². The third kappa shape index (κ3) is 7.83. The number of hydrogen-bond donors (Lipinski definition) is 2. The maximum Gasteiger partial charge on any atom is 0.340 e. The highest BCUT2D eigenvalue weighted by atomic mass is 32.2. The summed E-state index contributed by atoms with van der Waals surface area (Å²) in [7, 11) is 0. The highest BCUT2D eigenvalue weighted by molar-refractivity contribution is 7.99. The number of alkyl halides is 2. The maximum absolute atomic E-state index is 12.8. The number of amides is 1. The zero-order valence-electron chi connectivity index (χ0n) is 22.0. The number of carbonyl (C=O) groups is 2. The Kier molecular flexibility index (Phi) is 9.75. The zero-order valence-corrected chi connectivity index (χ0v) is 22.8. The summed E-state index contributed by atoms with van der Waals surface area (Å²) in [6.45, 7) is 3.75. The van der Waals surface area contributed by atoms with E-state index in [0.29, 0.717) is 33.7 Å². The number of esters is 1. The Labute approximate surface area is 236 Å². The third-order valence-electron chi connectivity index (χ3n) is 5.82. The molecular weight excluding hydrogens is 532 g/mol. The zero-order chi connectivity index (χ0) is 28.5. The Morgan fingerprint density at radius 2 is 1.40 bits per heavy atom. The van der Waals surface area contributed by atoms with Crippen molar-refractivity contribution in [2.24, 2.45) is 0 Å². The van der Waals surface area contributed by atoms with Crippen LogP contribution < -0.4 is 15.5 Å².